The van der Waals surface area contributed by atoms with Crippen molar-refractivity contribution in [1.82, 2.24) is 0 Å². The van der Waals surface area contributed by atoms with E-state index in [-0.39, 0.29) is 12.2 Å². The Morgan fingerprint density at radius 2 is 1.20 bits per heavy atom. The first-order chi connectivity index (χ1) is 9.48. The lowest BCUT2D eigenvalue weighted by Gasteiger charge is -2.51. The molecule has 2 aliphatic rings. The second kappa shape index (κ2) is 6.79. The molecule has 2 aliphatic carbocycles. The van der Waals surface area contributed by atoms with Crippen LogP contribution in [-0.2, 0) is 0 Å². The summed E-state index contributed by atoms with van der Waals surface area (Å²) >= 11 is 0. The number of aliphatic hydroxyl groups is 2. The highest BCUT2D eigenvalue weighted by molar-refractivity contribution is 4.95. The summed E-state index contributed by atoms with van der Waals surface area (Å²) in [6.45, 7) is 7.26. The van der Waals surface area contributed by atoms with E-state index in [0.29, 0.717) is 5.41 Å². The van der Waals surface area contributed by atoms with Gasteiger partial charge in [0.25, 0.3) is 0 Å². The molecule has 118 valence electrons. The molecule has 0 amide bonds. The third-order valence-corrected chi connectivity index (χ3v) is 6.83. The minimum absolute atomic E-state index is 0.0550. The highest BCUT2D eigenvalue weighted by atomic mass is 16.3. The van der Waals surface area contributed by atoms with Gasteiger partial charge in [-0.05, 0) is 74.5 Å². The lowest BCUT2D eigenvalue weighted by molar-refractivity contribution is -0.0439. The van der Waals surface area contributed by atoms with E-state index in [1.165, 1.54) is 32.1 Å². The average molecular weight is 282 g/mol. The molecule has 2 rings (SSSR count). The van der Waals surface area contributed by atoms with Crippen molar-refractivity contribution in [3.8, 4) is 0 Å². The van der Waals surface area contributed by atoms with Gasteiger partial charge in [0.2, 0.25) is 0 Å². The highest BCUT2D eigenvalue weighted by Gasteiger charge is 2.46. The van der Waals surface area contributed by atoms with Gasteiger partial charge in [0, 0.05) is 0 Å². The van der Waals surface area contributed by atoms with Gasteiger partial charge in [-0.2, -0.15) is 0 Å². The van der Waals surface area contributed by atoms with Crippen LogP contribution in [0.5, 0.6) is 0 Å². The summed E-state index contributed by atoms with van der Waals surface area (Å²) in [6, 6.07) is 0. The molecule has 0 aromatic carbocycles. The van der Waals surface area contributed by atoms with E-state index in [9.17, 15) is 10.2 Å². The Morgan fingerprint density at radius 1 is 0.850 bits per heavy atom. The molecule has 2 nitrogen and oxygen atoms in total. The van der Waals surface area contributed by atoms with Crippen molar-refractivity contribution >= 4 is 0 Å². The summed E-state index contributed by atoms with van der Waals surface area (Å²) in [4.78, 5) is 0. The first-order valence-corrected chi connectivity index (χ1v) is 8.84. The van der Waals surface area contributed by atoms with Crippen LogP contribution in [0.25, 0.3) is 0 Å². The van der Waals surface area contributed by atoms with Crippen LogP contribution in [0.15, 0.2) is 0 Å². The molecule has 0 radical (unpaired) electrons. The van der Waals surface area contributed by atoms with E-state index in [0.717, 1.165) is 43.4 Å². The molecule has 0 aromatic heterocycles. The van der Waals surface area contributed by atoms with E-state index in [1.54, 1.807) is 0 Å². The van der Waals surface area contributed by atoms with Crippen LogP contribution in [0.4, 0.5) is 0 Å². The molecule has 20 heavy (non-hydrogen) atoms. The smallest absolute Gasteiger partial charge is 0.0540 e. The van der Waals surface area contributed by atoms with Gasteiger partial charge in [0.1, 0.15) is 0 Å². The molecule has 0 saturated heterocycles. The van der Waals surface area contributed by atoms with Crippen molar-refractivity contribution in [1.29, 1.82) is 0 Å². The van der Waals surface area contributed by atoms with Gasteiger partial charge in [-0.1, -0.05) is 27.2 Å². The van der Waals surface area contributed by atoms with Crippen molar-refractivity contribution < 1.29 is 10.2 Å². The fraction of sp³-hybridized carbons (Fsp3) is 1.00. The molecule has 1 unspecified atom stereocenters. The Balaban J connectivity index is 2.12. The Kier molecular flexibility index (Phi) is 5.53. The predicted octanol–water partition coefficient (Wildman–Crippen LogP) is 4.14. The fourth-order valence-electron chi connectivity index (χ4n) is 4.97. The van der Waals surface area contributed by atoms with Crippen LogP contribution in [0, 0.1) is 23.2 Å². The number of hydrogen-bond donors (Lipinski definition) is 2. The Labute approximate surface area is 125 Å². The molecule has 0 aliphatic heterocycles. The second-order valence-electron chi connectivity index (χ2n) is 7.69. The molecule has 0 heterocycles. The summed E-state index contributed by atoms with van der Waals surface area (Å²) in [7, 11) is 0. The summed E-state index contributed by atoms with van der Waals surface area (Å²) in [5, 5.41) is 19.6. The molecular weight excluding hydrogens is 248 g/mol. The molecule has 1 atom stereocenters. The van der Waals surface area contributed by atoms with Crippen LogP contribution < -0.4 is 0 Å². The zero-order valence-corrected chi connectivity index (χ0v) is 13.6. The minimum Gasteiger partial charge on any atom is -0.393 e. The van der Waals surface area contributed by atoms with Gasteiger partial charge in [-0.15, -0.1) is 0 Å². The van der Waals surface area contributed by atoms with Gasteiger partial charge < -0.3 is 10.2 Å². The Bertz CT molecular complexity index is 264. The standard InChI is InChI=1S/C18H34O2/c1-4-13(2)18(3,14-5-9-16(19)10-6-14)15-7-11-17(20)12-8-15/h13-17,19-20H,4-12H2,1-3H3. The summed E-state index contributed by atoms with van der Waals surface area (Å²) in [5.41, 5.74) is 0.398. The largest absolute Gasteiger partial charge is 0.393 e. The molecule has 0 spiro atoms. The van der Waals surface area contributed by atoms with Crippen molar-refractivity contribution in [2.75, 3.05) is 0 Å². The molecule has 2 saturated carbocycles. The third-order valence-electron chi connectivity index (χ3n) is 6.83. The van der Waals surface area contributed by atoms with Crippen molar-refractivity contribution in [2.45, 2.75) is 90.8 Å². The van der Waals surface area contributed by atoms with Gasteiger partial charge in [-0.3, -0.25) is 0 Å². The van der Waals surface area contributed by atoms with Crippen LogP contribution in [-0.4, -0.2) is 22.4 Å². The Morgan fingerprint density at radius 3 is 1.50 bits per heavy atom. The number of hydrogen-bond acceptors (Lipinski definition) is 2. The van der Waals surface area contributed by atoms with E-state index in [2.05, 4.69) is 20.8 Å². The monoisotopic (exact) mass is 282 g/mol. The van der Waals surface area contributed by atoms with E-state index in [4.69, 9.17) is 0 Å². The van der Waals surface area contributed by atoms with Gasteiger partial charge in [0.05, 0.1) is 12.2 Å². The maximum atomic E-state index is 9.80. The lowest BCUT2D eigenvalue weighted by Crippen LogP contribution is -2.44. The quantitative estimate of drug-likeness (QED) is 0.813. The topological polar surface area (TPSA) is 40.5 Å². The van der Waals surface area contributed by atoms with Crippen molar-refractivity contribution in [2.24, 2.45) is 23.2 Å². The van der Waals surface area contributed by atoms with Gasteiger partial charge in [-0.25, -0.2) is 0 Å². The normalized spacial score (nSPS) is 40.0. The van der Waals surface area contributed by atoms with Crippen LogP contribution >= 0.6 is 0 Å². The maximum absolute atomic E-state index is 9.80. The molecule has 2 fully saturated rings. The zero-order valence-electron chi connectivity index (χ0n) is 13.6. The van der Waals surface area contributed by atoms with Crippen LogP contribution in [0.2, 0.25) is 0 Å². The van der Waals surface area contributed by atoms with E-state index < -0.39 is 0 Å². The molecule has 2 heteroatoms. The molecule has 2 N–H and O–H groups in total. The average Bonchev–Trinajstić information content (AvgIpc) is 2.47. The summed E-state index contributed by atoms with van der Waals surface area (Å²) in [6.07, 6.45) is 9.89. The van der Waals surface area contributed by atoms with Crippen molar-refractivity contribution in [3.05, 3.63) is 0 Å². The summed E-state index contributed by atoms with van der Waals surface area (Å²) < 4.78 is 0. The number of aliphatic hydroxyl groups excluding tert-OH is 2. The number of rotatable bonds is 4. The van der Waals surface area contributed by atoms with E-state index >= 15 is 0 Å². The first kappa shape index (κ1) is 16.3. The first-order valence-electron chi connectivity index (χ1n) is 8.84. The van der Waals surface area contributed by atoms with Crippen molar-refractivity contribution in [3.63, 3.8) is 0 Å². The predicted molar refractivity (Wildman–Crippen MR) is 83.5 cm³/mol. The Hall–Kier alpha value is -0.0800. The fourth-order valence-corrected chi connectivity index (χ4v) is 4.97. The molecule has 0 bridgehead atoms. The summed E-state index contributed by atoms with van der Waals surface area (Å²) in [5.74, 6) is 2.27. The second-order valence-corrected chi connectivity index (χ2v) is 7.69. The van der Waals surface area contributed by atoms with E-state index in [1.807, 2.05) is 0 Å². The van der Waals surface area contributed by atoms with Crippen LogP contribution in [0.1, 0.15) is 78.6 Å². The third kappa shape index (κ3) is 3.22. The van der Waals surface area contributed by atoms with Crippen LogP contribution in [0.3, 0.4) is 0 Å². The minimum atomic E-state index is -0.0550. The zero-order chi connectivity index (χ0) is 14.8. The highest BCUT2D eigenvalue weighted by Crippen LogP contribution is 2.53. The van der Waals surface area contributed by atoms with Gasteiger partial charge >= 0.3 is 0 Å². The SMILES string of the molecule is CCC(C)C(C)(C1CCC(O)CC1)C1CCC(O)CC1. The maximum Gasteiger partial charge on any atom is 0.0540 e. The molecule has 0 aromatic rings. The molecular formula is C18H34O2. The lowest BCUT2D eigenvalue weighted by atomic mass is 9.54. The van der Waals surface area contributed by atoms with Gasteiger partial charge in [0.15, 0.2) is 0 Å².